The van der Waals surface area contributed by atoms with E-state index >= 15 is 0 Å². The van der Waals surface area contributed by atoms with Gasteiger partial charge < -0.3 is 5.73 Å². The lowest BCUT2D eigenvalue weighted by Gasteiger charge is -2.35. The molecule has 0 bridgehead atoms. The molecule has 1 fully saturated rings. The fourth-order valence-electron chi connectivity index (χ4n) is 3.31. The summed E-state index contributed by atoms with van der Waals surface area (Å²) in [5, 5.41) is 1.70. The number of aromatic nitrogens is 1. The van der Waals surface area contributed by atoms with Gasteiger partial charge in [0.25, 0.3) is 5.56 Å². The molecule has 3 rings (SSSR count). The highest BCUT2D eigenvalue weighted by Gasteiger charge is 2.29. The number of nitrogen functional groups attached to an aromatic ring is 1. The first-order valence-corrected chi connectivity index (χ1v) is 7.38. The third kappa shape index (κ3) is 2.21. The maximum Gasteiger partial charge on any atom is 0.260 e. The van der Waals surface area contributed by atoms with Gasteiger partial charge >= 0.3 is 0 Å². The van der Waals surface area contributed by atoms with Crippen molar-refractivity contribution in [2.45, 2.75) is 45.6 Å². The van der Waals surface area contributed by atoms with Crippen LogP contribution in [0.4, 0.5) is 5.82 Å². The number of nitrogens with two attached hydrogens (primary N) is 1. The molecule has 0 unspecified atom stereocenters. The summed E-state index contributed by atoms with van der Waals surface area (Å²) in [4.78, 5) is 12.7. The number of hydrogen-bond acceptors (Lipinski definition) is 2. The Morgan fingerprint density at radius 1 is 1.20 bits per heavy atom. The van der Waals surface area contributed by atoms with Gasteiger partial charge in [-0.15, -0.1) is 0 Å². The summed E-state index contributed by atoms with van der Waals surface area (Å²) in [5.74, 6) is 0.596. The predicted molar refractivity (Wildman–Crippen MR) is 83.9 cm³/mol. The molecule has 1 aliphatic rings. The first kappa shape index (κ1) is 13.2. The molecule has 2 N–H and O–H groups in total. The Kier molecular flexibility index (Phi) is 3.08. The van der Waals surface area contributed by atoms with Crippen LogP contribution in [0.1, 0.15) is 45.6 Å². The van der Waals surface area contributed by atoms with Crippen LogP contribution >= 0.6 is 0 Å². The number of pyridine rings is 1. The van der Waals surface area contributed by atoms with Gasteiger partial charge in [0.1, 0.15) is 5.82 Å². The SMILES string of the molecule is CC1(C)CCC(n2c(N)cc3ccccc3c2=O)CC1. The van der Waals surface area contributed by atoms with E-state index in [9.17, 15) is 4.79 Å². The summed E-state index contributed by atoms with van der Waals surface area (Å²) in [6.07, 6.45) is 4.37. The summed E-state index contributed by atoms with van der Waals surface area (Å²) in [7, 11) is 0. The molecule has 20 heavy (non-hydrogen) atoms. The van der Waals surface area contributed by atoms with Crippen molar-refractivity contribution in [1.29, 1.82) is 0 Å². The van der Waals surface area contributed by atoms with Crippen LogP contribution in [0.15, 0.2) is 35.1 Å². The Bertz CT molecular complexity index is 690. The van der Waals surface area contributed by atoms with E-state index < -0.39 is 0 Å². The van der Waals surface area contributed by atoms with E-state index in [0.29, 0.717) is 11.2 Å². The van der Waals surface area contributed by atoms with Crippen LogP contribution < -0.4 is 11.3 Å². The van der Waals surface area contributed by atoms with Crippen molar-refractivity contribution in [3.8, 4) is 0 Å². The number of hydrogen-bond donors (Lipinski definition) is 1. The van der Waals surface area contributed by atoms with Crippen LogP contribution in [-0.4, -0.2) is 4.57 Å². The Hall–Kier alpha value is -1.77. The zero-order valence-electron chi connectivity index (χ0n) is 12.2. The van der Waals surface area contributed by atoms with E-state index in [2.05, 4.69) is 13.8 Å². The molecule has 3 heteroatoms. The summed E-state index contributed by atoms with van der Waals surface area (Å²) in [6.45, 7) is 4.60. The van der Waals surface area contributed by atoms with Gasteiger partial charge in [0.15, 0.2) is 0 Å². The monoisotopic (exact) mass is 270 g/mol. The molecule has 0 atom stereocenters. The van der Waals surface area contributed by atoms with E-state index in [1.807, 2.05) is 34.9 Å². The molecule has 0 amide bonds. The van der Waals surface area contributed by atoms with E-state index in [1.54, 1.807) is 0 Å². The highest BCUT2D eigenvalue weighted by molar-refractivity contribution is 5.83. The van der Waals surface area contributed by atoms with Crippen molar-refractivity contribution in [3.05, 3.63) is 40.7 Å². The molecule has 0 radical (unpaired) electrons. The molecule has 1 heterocycles. The van der Waals surface area contributed by atoms with Crippen LogP contribution in [0.2, 0.25) is 0 Å². The van der Waals surface area contributed by atoms with Crippen molar-refractivity contribution >= 4 is 16.6 Å². The maximum atomic E-state index is 12.7. The largest absolute Gasteiger partial charge is 0.385 e. The zero-order valence-corrected chi connectivity index (χ0v) is 12.2. The third-order valence-corrected chi connectivity index (χ3v) is 4.67. The van der Waals surface area contributed by atoms with Gasteiger partial charge in [-0.3, -0.25) is 9.36 Å². The highest BCUT2D eigenvalue weighted by Crippen LogP contribution is 2.40. The minimum Gasteiger partial charge on any atom is -0.385 e. The minimum atomic E-state index is 0.0605. The van der Waals surface area contributed by atoms with E-state index in [0.717, 1.165) is 36.5 Å². The Morgan fingerprint density at radius 3 is 2.55 bits per heavy atom. The molecule has 1 aromatic heterocycles. The Morgan fingerprint density at radius 2 is 1.85 bits per heavy atom. The molecule has 1 aliphatic carbocycles. The number of nitrogens with zero attached hydrogens (tertiary/aromatic N) is 1. The van der Waals surface area contributed by atoms with Gasteiger partial charge in [0, 0.05) is 11.4 Å². The van der Waals surface area contributed by atoms with E-state index in [4.69, 9.17) is 5.73 Å². The average Bonchev–Trinajstić information content (AvgIpc) is 2.40. The van der Waals surface area contributed by atoms with Crippen molar-refractivity contribution < 1.29 is 0 Å². The summed E-state index contributed by atoms with van der Waals surface area (Å²) in [5.41, 5.74) is 6.60. The lowest BCUT2D eigenvalue weighted by atomic mass is 9.75. The first-order chi connectivity index (χ1) is 9.48. The van der Waals surface area contributed by atoms with Gasteiger partial charge in [0.2, 0.25) is 0 Å². The lowest BCUT2D eigenvalue weighted by Crippen LogP contribution is -2.31. The number of rotatable bonds is 1. The molecule has 0 aliphatic heterocycles. The summed E-state index contributed by atoms with van der Waals surface area (Å²) in [6, 6.07) is 9.86. The molecule has 106 valence electrons. The molecule has 3 nitrogen and oxygen atoms in total. The molecule has 2 aromatic rings. The van der Waals surface area contributed by atoms with Crippen LogP contribution in [0, 0.1) is 5.41 Å². The van der Waals surface area contributed by atoms with Crippen molar-refractivity contribution in [2.75, 3.05) is 5.73 Å². The maximum absolute atomic E-state index is 12.7. The number of fused-ring (bicyclic) bond motifs is 1. The van der Waals surface area contributed by atoms with Crippen molar-refractivity contribution in [1.82, 2.24) is 4.57 Å². The van der Waals surface area contributed by atoms with Crippen molar-refractivity contribution in [2.24, 2.45) is 5.41 Å². The Labute approximate surface area is 119 Å². The standard InChI is InChI=1S/C17H22N2O/c1-17(2)9-7-13(8-10-17)19-15(18)11-12-5-3-4-6-14(12)16(19)20/h3-6,11,13H,7-10,18H2,1-2H3. The van der Waals surface area contributed by atoms with Crippen LogP contribution in [0.25, 0.3) is 10.8 Å². The van der Waals surface area contributed by atoms with E-state index in [1.165, 1.54) is 0 Å². The smallest absolute Gasteiger partial charge is 0.260 e. The van der Waals surface area contributed by atoms with Gasteiger partial charge in [-0.1, -0.05) is 32.0 Å². The molecular weight excluding hydrogens is 248 g/mol. The van der Waals surface area contributed by atoms with Gasteiger partial charge in [0.05, 0.1) is 0 Å². The quantitative estimate of drug-likeness (QED) is 0.858. The summed E-state index contributed by atoms with van der Waals surface area (Å²) >= 11 is 0. The van der Waals surface area contributed by atoms with Crippen molar-refractivity contribution in [3.63, 3.8) is 0 Å². The zero-order chi connectivity index (χ0) is 14.3. The molecule has 0 saturated heterocycles. The van der Waals surface area contributed by atoms with Crippen LogP contribution in [0.3, 0.4) is 0 Å². The summed E-state index contributed by atoms with van der Waals surface area (Å²) < 4.78 is 1.82. The lowest BCUT2D eigenvalue weighted by molar-refractivity contribution is 0.193. The normalized spacial score (nSPS) is 19.3. The van der Waals surface area contributed by atoms with E-state index in [-0.39, 0.29) is 11.6 Å². The average molecular weight is 270 g/mol. The fraction of sp³-hybridized carbons (Fsp3) is 0.471. The van der Waals surface area contributed by atoms with Gasteiger partial charge in [-0.05, 0) is 48.6 Å². The molecular formula is C17H22N2O. The fourth-order valence-corrected chi connectivity index (χ4v) is 3.31. The second kappa shape index (κ2) is 4.65. The second-order valence-corrected chi connectivity index (χ2v) is 6.73. The highest BCUT2D eigenvalue weighted by atomic mass is 16.1. The van der Waals surface area contributed by atoms with Crippen LogP contribution in [-0.2, 0) is 0 Å². The molecule has 0 spiro atoms. The van der Waals surface area contributed by atoms with Crippen LogP contribution in [0.5, 0.6) is 0 Å². The first-order valence-electron chi connectivity index (χ1n) is 7.38. The predicted octanol–water partition coefficient (Wildman–Crippen LogP) is 3.73. The third-order valence-electron chi connectivity index (χ3n) is 4.67. The number of anilines is 1. The number of benzene rings is 1. The van der Waals surface area contributed by atoms with Gasteiger partial charge in [-0.25, -0.2) is 0 Å². The Balaban J connectivity index is 2.06. The molecule has 1 saturated carbocycles. The molecule has 1 aromatic carbocycles. The minimum absolute atomic E-state index is 0.0605. The second-order valence-electron chi connectivity index (χ2n) is 6.73. The van der Waals surface area contributed by atoms with Gasteiger partial charge in [-0.2, -0.15) is 0 Å². The topological polar surface area (TPSA) is 48.0 Å².